The summed E-state index contributed by atoms with van der Waals surface area (Å²) < 4.78 is 5.80. The summed E-state index contributed by atoms with van der Waals surface area (Å²) in [6, 6.07) is 3.45. The van der Waals surface area contributed by atoms with E-state index in [4.69, 9.17) is 16.3 Å². The van der Waals surface area contributed by atoms with Gasteiger partial charge in [-0.3, -0.25) is 4.79 Å². The molecule has 0 amide bonds. The second-order valence-corrected chi connectivity index (χ2v) is 4.90. The molecule has 2 nitrogen and oxygen atoms in total. The van der Waals surface area contributed by atoms with Gasteiger partial charge in [0, 0.05) is 10.6 Å². The van der Waals surface area contributed by atoms with E-state index in [0.29, 0.717) is 16.3 Å². The first-order valence-electron chi connectivity index (χ1n) is 5.12. The molecule has 0 unspecified atom stereocenters. The highest BCUT2D eigenvalue weighted by atomic mass is 35.5. The molecule has 0 saturated carbocycles. The minimum absolute atomic E-state index is 0.0372. The highest BCUT2D eigenvalue weighted by Crippen LogP contribution is 2.36. The highest BCUT2D eigenvalue weighted by Gasteiger charge is 2.25. The molecular formula is C13H13ClO2. The van der Waals surface area contributed by atoms with Crippen molar-refractivity contribution in [2.24, 2.45) is 0 Å². The van der Waals surface area contributed by atoms with Crippen molar-refractivity contribution in [3.05, 3.63) is 34.4 Å². The summed E-state index contributed by atoms with van der Waals surface area (Å²) in [5, 5.41) is 0.553. The van der Waals surface area contributed by atoms with E-state index in [9.17, 15) is 4.79 Å². The summed E-state index contributed by atoms with van der Waals surface area (Å²) in [7, 11) is 0. The van der Waals surface area contributed by atoms with Crippen LogP contribution < -0.4 is 4.74 Å². The minimum Gasteiger partial charge on any atom is -0.482 e. The first-order chi connectivity index (χ1) is 7.39. The van der Waals surface area contributed by atoms with Crippen LogP contribution in [0.4, 0.5) is 0 Å². The van der Waals surface area contributed by atoms with Gasteiger partial charge in [0.2, 0.25) is 0 Å². The number of halogens is 1. The molecule has 0 radical (unpaired) electrons. The van der Waals surface area contributed by atoms with Gasteiger partial charge < -0.3 is 4.74 Å². The first kappa shape index (κ1) is 11.2. The fourth-order valence-corrected chi connectivity index (χ4v) is 1.93. The molecule has 1 aliphatic heterocycles. The van der Waals surface area contributed by atoms with Crippen LogP contribution in [0.3, 0.4) is 0 Å². The van der Waals surface area contributed by atoms with E-state index in [1.165, 1.54) is 6.92 Å². The molecule has 1 heterocycles. The maximum atomic E-state index is 11.5. The number of benzene rings is 1. The quantitative estimate of drug-likeness (QED) is 0.695. The standard InChI is InChI=1S/C13H13ClO2/c1-8(15)11-7-10(14)6-9-4-5-13(2,3)16-12(9)11/h4-7H,1-3H3. The third-order valence-electron chi connectivity index (χ3n) is 2.49. The predicted octanol–water partition coefficient (Wildman–Crippen LogP) is 3.73. The van der Waals surface area contributed by atoms with E-state index in [0.717, 1.165) is 5.56 Å². The number of carbonyl (C=O) groups excluding carboxylic acids is 1. The van der Waals surface area contributed by atoms with E-state index in [1.54, 1.807) is 12.1 Å². The largest absolute Gasteiger partial charge is 0.482 e. The van der Waals surface area contributed by atoms with Crippen molar-refractivity contribution in [2.75, 3.05) is 0 Å². The van der Waals surface area contributed by atoms with Crippen LogP contribution in [-0.2, 0) is 0 Å². The number of ketones is 1. The number of rotatable bonds is 1. The van der Waals surface area contributed by atoms with Crippen LogP contribution in [0, 0.1) is 0 Å². The number of Topliss-reactive ketones (excluding diaryl/α,β-unsaturated/α-hetero) is 1. The van der Waals surface area contributed by atoms with E-state index in [-0.39, 0.29) is 11.4 Å². The molecular weight excluding hydrogens is 224 g/mol. The summed E-state index contributed by atoms with van der Waals surface area (Å²) in [6.45, 7) is 5.41. The second kappa shape index (κ2) is 3.63. The summed E-state index contributed by atoms with van der Waals surface area (Å²) in [5.41, 5.74) is 1.02. The molecule has 1 aromatic rings. The van der Waals surface area contributed by atoms with Gasteiger partial charge in [0.05, 0.1) is 5.56 Å². The third-order valence-corrected chi connectivity index (χ3v) is 2.71. The zero-order valence-corrected chi connectivity index (χ0v) is 10.3. The smallest absolute Gasteiger partial charge is 0.163 e. The Morgan fingerprint density at radius 3 is 2.69 bits per heavy atom. The van der Waals surface area contributed by atoms with Gasteiger partial charge in [-0.15, -0.1) is 0 Å². The molecule has 3 heteroatoms. The van der Waals surface area contributed by atoms with Crippen LogP contribution in [0.15, 0.2) is 18.2 Å². The van der Waals surface area contributed by atoms with Crippen LogP contribution in [0.2, 0.25) is 5.02 Å². The van der Waals surface area contributed by atoms with E-state index < -0.39 is 0 Å². The van der Waals surface area contributed by atoms with Crippen LogP contribution in [-0.4, -0.2) is 11.4 Å². The topological polar surface area (TPSA) is 26.3 Å². The Labute approximate surface area is 99.9 Å². The molecule has 0 N–H and O–H groups in total. The molecule has 0 aromatic heterocycles. The van der Waals surface area contributed by atoms with Crippen molar-refractivity contribution in [3.8, 4) is 5.75 Å². The SMILES string of the molecule is CC(=O)c1cc(Cl)cc2c1OC(C)(C)C=C2. The Hall–Kier alpha value is -1.28. The van der Waals surface area contributed by atoms with Crippen molar-refractivity contribution >= 4 is 23.5 Å². The zero-order chi connectivity index (χ0) is 11.9. The van der Waals surface area contributed by atoms with Crippen molar-refractivity contribution in [1.82, 2.24) is 0 Å². The van der Waals surface area contributed by atoms with Gasteiger partial charge in [-0.25, -0.2) is 0 Å². The van der Waals surface area contributed by atoms with E-state index in [1.807, 2.05) is 26.0 Å². The molecule has 0 fully saturated rings. The molecule has 0 bridgehead atoms. The molecule has 2 rings (SSSR count). The number of carbonyl (C=O) groups is 1. The second-order valence-electron chi connectivity index (χ2n) is 4.47. The summed E-state index contributed by atoms with van der Waals surface area (Å²) in [6.07, 6.45) is 3.90. The lowest BCUT2D eigenvalue weighted by molar-refractivity contribution is 0.1000. The van der Waals surface area contributed by atoms with Crippen molar-refractivity contribution in [3.63, 3.8) is 0 Å². The fourth-order valence-electron chi connectivity index (χ4n) is 1.70. The summed E-state index contributed by atoms with van der Waals surface area (Å²) in [5.74, 6) is 0.592. The average Bonchev–Trinajstić information content (AvgIpc) is 2.16. The van der Waals surface area contributed by atoms with Crippen LogP contribution in [0.1, 0.15) is 36.7 Å². The van der Waals surface area contributed by atoms with Gasteiger partial charge in [-0.05, 0) is 39.0 Å². The van der Waals surface area contributed by atoms with E-state index >= 15 is 0 Å². The Bertz CT molecular complexity index is 487. The Morgan fingerprint density at radius 1 is 1.38 bits per heavy atom. The Balaban J connectivity index is 2.63. The maximum Gasteiger partial charge on any atom is 0.163 e. The summed E-state index contributed by atoms with van der Waals surface area (Å²) >= 11 is 5.96. The maximum absolute atomic E-state index is 11.5. The normalized spacial score (nSPS) is 16.5. The predicted molar refractivity (Wildman–Crippen MR) is 65.2 cm³/mol. The lowest BCUT2D eigenvalue weighted by atomic mass is 9.98. The van der Waals surface area contributed by atoms with Crippen LogP contribution >= 0.6 is 11.6 Å². The van der Waals surface area contributed by atoms with Crippen molar-refractivity contribution < 1.29 is 9.53 Å². The van der Waals surface area contributed by atoms with Gasteiger partial charge >= 0.3 is 0 Å². The lowest BCUT2D eigenvalue weighted by Crippen LogP contribution is -2.28. The van der Waals surface area contributed by atoms with Gasteiger partial charge in [-0.1, -0.05) is 17.7 Å². The van der Waals surface area contributed by atoms with E-state index in [2.05, 4.69) is 0 Å². The fraction of sp³-hybridized carbons (Fsp3) is 0.308. The highest BCUT2D eigenvalue weighted by molar-refractivity contribution is 6.31. The zero-order valence-electron chi connectivity index (χ0n) is 9.50. The first-order valence-corrected chi connectivity index (χ1v) is 5.49. The third kappa shape index (κ3) is 1.98. The number of hydrogen-bond donors (Lipinski definition) is 0. The Kier molecular flexibility index (Phi) is 2.55. The minimum atomic E-state index is -0.384. The van der Waals surface area contributed by atoms with Gasteiger partial charge in [-0.2, -0.15) is 0 Å². The van der Waals surface area contributed by atoms with Crippen LogP contribution in [0.25, 0.3) is 6.08 Å². The average molecular weight is 237 g/mol. The molecule has 0 spiro atoms. The molecule has 16 heavy (non-hydrogen) atoms. The van der Waals surface area contributed by atoms with Gasteiger partial charge in [0.1, 0.15) is 11.4 Å². The van der Waals surface area contributed by atoms with Gasteiger partial charge in [0.15, 0.2) is 5.78 Å². The molecule has 0 saturated heterocycles. The molecule has 1 aromatic carbocycles. The molecule has 1 aliphatic rings. The summed E-state index contributed by atoms with van der Waals surface area (Å²) in [4.78, 5) is 11.5. The molecule has 84 valence electrons. The Morgan fingerprint density at radius 2 is 2.06 bits per heavy atom. The monoisotopic (exact) mass is 236 g/mol. The number of hydrogen-bond acceptors (Lipinski definition) is 2. The number of fused-ring (bicyclic) bond motifs is 1. The van der Waals surface area contributed by atoms with Crippen LogP contribution in [0.5, 0.6) is 5.75 Å². The van der Waals surface area contributed by atoms with Crippen molar-refractivity contribution in [1.29, 1.82) is 0 Å². The molecule has 0 aliphatic carbocycles. The number of ether oxygens (including phenoxy) is 1. The van der Waals surface area contributed by atoms with Gasteiger partial charge in [0.25, 0.3) is 0 Å². The molecule has 0 atom stereocenters. The van der Waals surface area contributed by atoms with Crippen molar-refractivity contribution in [2.45, 2.75) is 26.4 Å². The lowest BCUT2D eigenvalue weighted by Gasteiger charge is -2.29.